The van der Waals surface area contributed by atoms with E-state index in [4.69, 9.17) is 9.15 Å². The molecule has 2 N–H and O–H groups in total. The lowest BCUT2D eigenvalue weighted by atomic mass is 10.1. The molecule has 0 bridgehead atoms. The maximum atomic E-state index is 12.3. The summed E-state index contributed by atoms with van der Waals surface area (Å²) in [6.45, 7) is 0.580. The second-order valence-corrected chi connectivity index (χ2v) is 5.74. The second kappa shape index (κ2) is 7.21. The van der Waals surface area contributed by atoms with Crippen molar-refractivity contribution >= 4 is 11.8 Å². The van der Waals surface area contributed by atoms with E-state index in [1.165, 1.54) is 0 Å². The van der Waals surface area contributed by atoms with Crippen molar-refractivity contribution in [1.29, 1.82) is 0 Å². The largest absolute Gasteiger partial charge is 0.497 e. The van der Waals surface area contributed by atoms with E-state index in [-0.39, 0.29) is 23.6 Å². The third kappa shape index (κ3) is 3.76. The molecule has 6 nitrogen and oxygen atoms in total. The van der Waals surface area contributed by atoms with Gasteiger partial charge in [0, 0.05) is 24.6 Å². The summed E-state index contributed by atoms with van der Waals surface area (Å²) in [5.41, 5.74) is 0.845. The lowest BCUT2D eigenvalue weighted by Crippen LogP contribution is -2.35. The number of carbonyl (C=O) groups excluding carboxylic acids is 2. The van der Waals surface area contributed by atoms with Gasteiger partial charge in [-0.15, -0.1) is 0 Å². The molecule has 1 aliphatic rings. The van der Waals surface area contributed by atoms with Gasteiger partial charge in [-0.1, -0.05) is 12.1 Å². The van der Waals surface area contributed by atoms with Crippen LogP contribution in [0.2, 0.25) is 0 Å². The molecular formula is C18H20N2O4. The number of hydrogen-bond acceptors (Lipinski definition) is 4. The van der Waals surface area contributed by atoms with Crippen LogP contribution in [0.4, 0.5) is 0 Å². The topological polar surface area (TPSA) is 80.6 Å². The average Bonchev–Trinajstić information content (AvgIpc) is 3.01. The summed E-state index contributed by atoms with van der Waals surface area (Å²) in [5.74, 6) is 1.37. The first kappa shape index (κ1) is 16.1. The Morgan fingerprint density at radius 3 is 3.00 bits per heavy atom. The van der Waals surface area contributed by atoms with Gasteiger partial charge < -0.3 is 19.8 Å². The van der Waals surface area contributed by atoms with Gasteiger partial charge in [0.15, 0.2) is 5.76 Å². The molecule has 0 spiro atoms. The van der Waals surface area contributed by atoms with Crippen molar-refractivity contribution in [2.75, 3.05) is 13.7 Å². The Hall–Kier alpha value is -2.76. The van der Waals surface area contributed by atoms with Crippen molar-refractivity contribution in [1.82, 2.24) is 10.6 Å². The van der Waals surface area contributed by atoms with Gasteiger partial charge in [-0.3, -0.25) is 9.59 Å². The molecule has 1 fully saturated rings. The molecule has 1 aliphatic heterocycles. The van der Waals surface area contributed by atoms with Crippen LogP contribution in [0.3, 0.4) is 0 Å². The highest BCUT2D eigenvalue weighted by atomic mass is 16.5. The Morgan fingerprint density at radius 2 is 2.17 bits per heavy atom. The van der Waals surface area contributed by atoms with Gasteiger partial charge in [0.25, 0.3) is 5.91 Å². The van der Waals surface area contributed by atoms with Crippen molar-refractivity contribution in [2.24, 2.45) is 0 Å². The Balaban J connectivity index is 1.68. The fraction of sp³-hybridized carbons (Fsp3) is 0.333. The summed E-state index contributed by atoms with van der Waals surface area (Å²) in [4.78, 5) is 23.7. The number of ether oxygens (including phenoxy) is 1. The number of rotatable bonds is 4. The van der Waals surface area contributed by atoms with Crippen molar-refractivity contribution in [3.8, 4) is 17.1 Å². The molecule has 6 heteroatoms. The van der Waals surface area contributed by atoms with E-state index in [2.05, 4.69) is 10.6 Å². The van der Waals surface area contributed by atoms with E-state index in [0.717, 1.165) is 17.7 Å². The molecule has 1 aromatic heterocycles. The van der Waals surface area contributed by atoms with E-state index in [1.54, 1.807) is 19.2 Å². The molecule has 0 saturated carbocycles. The van der Waals surface area contributed by atoms with Gasteiger partial charge in [0.05, 0.1) is 7.11 Å². The van der Waals surface area contributed by atoms with Crippen molar-refractivity contribution < 1.29 is 18.7 Å². The summed E-state index contributed by atoms with van der Waals surface area (Å²) in [6.07, 6.45) is 1.79. The lowest BCUT2D eigenvalue weighted by Gasteiger charge is -2.14. The molecule has 0 aliphatic carbocycles. The van der Waals surface area contributed by atoms with E-state index >= 15 is 0 Å². The quantitative estimate of drug-likeness (QED) is 0.903. The predicted molar refractivity (Wildman–Crippen MR) is 88.8 cm³/mol. The van der Waals surface area contributed by atoms with Gasteiger partial charge in [-0.2, -0.15) is 0 Å². The molecule has 2 heterocycles. The Bertz CT molecular complexity index is 738. The van der Waals surface area contributed by atoms with E-state index in [0.29, 0.717) is 25.1 Å². The molecule has 2 aromatic rings. The molecule has 3 rings (SSSR count). The fourth-order valence-electron chi connectivity index (χ4n) is 2.72. The van der Waals surface area contributed by atoms with Crippen LogP contribution in [0.1, 0.15) is 29.8 Å². The first-order valence-corrected chi connectivity index (χ1v) is 7.97. The molecule has 24 heavy (non-hydrogen) atoms. The molecular weight excluding hydrogens is 308 g/mol. The lowest BCUT2D eigenvalue weighted by molar-refractivity contribution is -0.120. The smallest absolute Gasteiger partial charge is 0.287 e. The number of methoxy groups -OCH3 is 1. The van der Waals surface area contributed by atoms with E-state index < -0.39 is 0 Å². The second-order valence-electron chi connectivity index (χ2n) is 5.74. The standard InChI is InChI=1S/C18H20N2O4/c1-23-14-4-2-3-12(11-14)15-6-7-16(24-15)18(22)20-13-5-8-17(21)19-10-9-13/h2-4,6-7,11,13H,5,8-10H2,1H3,(H,19,21)(H,20,22). The third-order valence-corrected chi connectivity index (χ3v) is 4.05. The van der Waals surface area contributed by atoms with Gasteiger partial charge in [0.1, 0.15) is 11.5 Å². The van der Waals surface area contributed by atoms with Crippen LogP contribution in [-0.4, -0.2) is 31.5 Å². The van der Waals surface area contributed by atoms with Crippen LogP contribution in [0.5, 0.6) is 5.75 Å². The maximum absolute atomic E-state index is 12.3. The third-order valence-electron chi connectivity index (χ3n) is 4.05. The SMILES string of the molecule is COc1cccc(-c2ccc(C(=O)NC3CCNC(=O)CC3)o2)c1. The monoisotopic (exact) mass is 328 g/mol. The molecule has 1 atom stereocenters. The number of amides is 2. The molecule has 1 saturated heterocycles. The molecule has 126 valence electrons. The van der Waals surface area contributed by atoms with E-state index in [9.17, 15) is 9.59 Å². The summed E-state index contributed by atoms with van der Waals surface area (Å²) >= 11 is 0. The van der Waals surface area contributed by atoms with Gasteiger partial charge >= 0.3 is 0 Å². The summed E-state index contributed by atoms with van der Waals surface area (Å²) in [6, 6.07) is 10.9. The Morgan fingerprint density at radius 1 is 1.29 bits per heavy atom. The summed E-state index contributed by atoms with van der Waals surface area (Å²) in [7, 11) is 1.60. The van der Waals surface area contributed by atoms with Crippen LogP contribution in [0.15, 0.2) is 40.8 Å². The molecule has 2 amide bonds. The zero-order valence-corrected chi connectivity index (χ0v) is 13.5. The zero-order chi connectivity index (χ0) is 16.9. The first-order valence-electron chi connectivity index (χ1n) is 7.97. The van der Waals surface area contributed by atoms with Crippen LogP contribution in [-0.2, 0) is 4.79 Å². The van der Waals surface area contributed by atoms with E-state index in [1.807, 2.05) is 24.3 Å². The normalized spacial score (nSPS) is 17.7. The number of benzene rings is 1. The van der Waals surface area contributed by atoms with Gasteiger partial charge in [-0.05, 0) is 37.1 Å². The van der Waals surface area contributed by atoms with Gasteiger partial charge in [0.2, 0.25) is 5.91 Å². The minimum Gasteiger partial charge on any atom is -0.497 e. The highest BCUT2D eigenvalue weighted by Gasteiger charge is 2.20. The maximum Gasteiger partial charge on any atom is 0.287 e. The number of nitrogens with one attached hydrogen (secondary N) is 2. The first-order chi connectivity index (χ1) is 11.7. The van der Waals surface area contributed by atoms with Crippen LogP contribution < -0.4 is 15.4 Å². The predicted octanol–water partition coefficient (Wildman–Crippen LogP) is 2.35. The number of hydrogen-bond donors (Lipinski definition) is 2. The van der Waals surface area contributed by atoms with Crippen LogP contribution >= 0.6 is 0 Å². The highest BCUT2D eigenvalue weighted by molar-refractivity contribution is 5.92. The van der Waals surface area contributed by atoms with Crippen molar-refractivity contribution in [3.63, 3.8) is 0 Å². The zero-order valence-electron chi connectivity index (χ0n) is 13.5. The fourth-order valence-corrected chi connectivity index (χ4v) is 2.72. The summed E-state index contributed by atoms with van der Waals surface area (Å²) < 4.78 is 10.9. The minimum absolute atomic E-state index is 0.0261. The van der Waals surface area contributed by atoms with Crippen molar-refractivity contribution in [3.05, 3.63) is 42.2 Å². The number of furan rings is 1. The highest BCUT2D eigenvalue weighted by Crippen LogP contribution is 2.25. The summed E-state index contributed by atoms with van der Waals surface area (Å²) in [5, 5.41) is 5.73. The molecule has 1 aromatic carbocycles. The molecule has 1 unspecified atom stereocenters. The molecule has 0 radical (unpaired) electrons. The average molecular weight is 328 g/mol. The van der Waals surface area contributed by atoms with Crippen molar-refractivity contribution in [2.45, 2.75) is 25.3 Å². The Labute approximate surface area is 140 Å². The Kier molecular flexibility index (Phi) is 4.84. The number of carbonyl (C=O) groups is 2. The van der Waals surface area contributed by atoms with Crippen LogP contribution in [0, 0.1) is 0 Å². The van der Waals surface area contributed by atoms with Crippen LogP contribution in [0.25, 0.3) is 11.3 Å². The van der Waals surface area contributed by atoms with Gasteiger partial charge in [-0.25, -0.2) is 0 Å². The minimum atomic E-state index is -0.261.